The van der Waals surface area contributed by atoms with Gasteiger partial charge in [-0.2, -0.15) is 0 Å². The summed E-state index contributed by atoms with van der Waals surface area (Å²) < 4.78 is 34.2. The second kappa shape index (κ2) is 38.4. The zero-order valence-electron chi connectivity index (χ0n) is 43.9. The second-order valence-electron chi connectivity index (χ2n) is 20.8. The molecule has 0 aromatic heterocycles. The lowest BCUT2D eigenvalue weighted by Gasteiger charge is -2.48. The topological polar surface area (TPSA) is 307 Å². The summed E-state index contributed by atoms with van der Waals surface area (Å²) in [7, 11) is 0. The maximum absolute atomic E-state index is 13.3. The molecular formula is C53H101NO18. The van der Waals surface area contributed by atoms with Crippen LogP contribution in [0.15, 0.2) is 0 Å². The van der Waals surface area contributed by atoms with E-state index in [0.29, 0.717) is 12.8 Å². The number of aliphatic hydroxyl groups is 11. The van der Waals surface area contributed by atoms with E-state index >= 15 is 0 Å². The van der Waals surface area contributed by atoms with Gasteiger partial charge in [0.25, 0.3) is 0 Å². The van der Waals surface area contributed by atoms with Gasteiger partial charge in [0.2, 0.25) is 5.91 Å². The Balaban J connectivity index is 1.48. The molecular weight excluding hydrogens is 939 g/mol. The average Bonchev–Trinajstić information content (AvgIpc) is 3.37. The van der Waals surface area contributed by atoms with Crippen molar-refractivity contribution in [1.82, 2.24) is 5.32 Å². The first kappa shape index (κ1) is 65.1. The molecule has 3 aliphatic rings. The molecule has 0 bridgehead atoms. The molecule has 0 radical (unpaired) electrons. The van der Waals surface area contributed by atoms with E-state index in [2.05, 4.69) is 19.2 Å². The highest BCUT2D eigenvalue weighted by Gasteiger charge is 2.53. The van der Waals surface area contributed by atoms with Crippen molar-refractivity contribution in [1.29, 1.82) is 0 Å². The number of amides is 1. The van der Waals surface area contributed by atoms with Crippen molar-refractivity contribution in [3.63, 3.8) is 0 Å². The zero-order chi connectivity index (χ0) is 52.7. The van der Waals surface area contributed by atoms with Gasteiger partial charge < -0.3 is 89.9 Å². The number of nitrogens with one attached hydrogen (secondary N) is 1. The summed E-state index contributed by atoms with van der Waals surface area (Å²) in [5.74, 6) is -0.242. The zero-order valence-corrected chi connectivity index (χ0v) is 43.9. The Labute approximate surface area is 430 Å². The molecule has 19 heteroatoms. The lowest BCUT2D eigenvalue weighted by molar-refractivity contribution is -0.379. The van der Waals surface area contributed by atoms with Crippen LogP contribution in [-0.4, -0.2) is 193 Å². The van der Waals surface area contributed by atoms with Gasteiger partial charge in [0, 0.05) is 6.42 Å². The molecule has 3 aliphatic heterocycles. The van der Waals surface area contributed by atoms with E-state index in [1.165, 1.54) is 122 Å². The monoisotopic (exact) mass is 1040 g/mol. The van der Waals surface area contributed by atoms with Crippen LogP contribution in [0.3, 0.4) is 0 Å². The number of hydrogen-bond donors (Lipinski definition) is 12. The number of aliphatic hydroxyl groups excluding tert-OH is 11. The van der Waals surface area contributed by atoms with E-state index in [1.807, 2.05) is 0 Å². The van der Waals surface area contributed by atoms with Gasteiger partial charge in [0.15, 0.2) is 18.9 Å². The minimum Gasteiger partial charge on any atom is -0.394 e. The molecule has 3 fully saturated rings. The van der Waals surface area contributed by atoms with Crippen molar-refractivity contribution < 1.29 is 89.4 Å². The van der Waals surface area contributed by atoms with E-state index in [9.17, 15) is 61.0 Å². The van der Waals surface area contributed by atoms with Gasteiger partial charge in [-0.3, -0.25) is 4.79 Å². The molecule has 1 amide bonds. The molecule has 3 rings (SSSR count). The molecule has 0 aromatic rings. The molecule has 3 saturated heterocycles. The molecule has 12 N–H and O–H groups in total. The standard InChI is InChI=1S/C53H101NO18/c1-3-5-7-9-11-13-14-15-16-17-18-19-20-21-23-25-27-29-31-41(59)54-36(37(58)30-28-26-24-22-12-10-8-6-4-2)35-67-51-47(65)44(62)49(39(33-56)69-51)72-53-48(66)45(63)50(40(34-57)70-53)71-52-46(64)43(61)42(60)38(32-55)68-52/h36-40,42-53,55-58,60-66H,3-35H2,1-2H3,(H,54,59). The summed E-state index contributed by atoms with van der Waals surface area (Å²) >= 11 is 0. The van der Waals surface area contributed by atoms with Gasteiger partial charge >= 0.3 is 0 Å². The molecule has 3 heterocycles. The Hall–Kier alpha value is -1.21. The number of ether oxygens (including phenoxy) is 6. The smallest absolute Gasteiger partial charge is 0.220 e. The van der Waals surface area contributed by atoms with Crippen LogP contribution in [-0.2, 0) is 33.2 Å². The summed E-state index contributed by atoms with van der Waals surface area (Å²) in [6.45, 7) is 1.76. The van der Waals surface area contributed by atoms with Crippen LogP contribution < -0.4 is 5.32 Å². The van der Waals surface area contributed by atoms with Crippen LogP contribution >= 0.6 is 0 Å². The van der Waals surface area contributed by atoms with Gasteiger partial charge in [-0.1, -0.05) is 181 Å². The third-order valence-electron chi connectivity index (χ3n) is 14.7. The van der Waals surface area contributed by atoms with E-state index in [4.69, 9.17) is 28.4 Å². The van der Waals surface area contributed by atoms with E-state index in [0.717, 1.165) is 44.9 Å². The Bertz CT molecular complexity index is 1340. The second-order valence-corrected chi connectivity index (χ2v) is 20.8. The van der Waals surface area contributed by atoms with Gasteiger partial charge in [0.1, 0.15) is 73.2 Å². The molecule has 19 nitrogen and oxygen atoms in total. The maximum atomic E-state index is 13.3. The van der Waals surface area contributed by atoms with Crippen LogP contribution in [0.5, 0.6) is 0 Å². The number of carbonyl (C=O) groups is 1. The number of carbonyl (C=O) groups excluding carboxylic acids is 1. The first-order valence-electron chi connectivity index (χ1n) is 28.3. The molecule has 72 heavy (non-hydrogen) atoms. The van der Waals surface area contributed by atoms with Crippen molar-refractivity contribution in [2.24, 2.45) is 0 Å². The highest BCUT2D eigenvalue weighted by Crippen LogP contribution is 2.33. The fourth-order valence-electron chi connectivity index (χ4n) is 9.96. The van der Waals surface area contributed by atoms with Crippen molar-refractivity contribution >= 4 is 5.91 Å². The van der Waals surface area contributed by atoms with Crippen LogP contribution in [0.25, 0.3) is 0 Å². The molecule has 426 valence electrons. The van der Waals surface area contributed by atoms with Gasteiger partial charge in [-0.25, -0.2) is 0 Å². The van der Waals surface area contributed by atoms with E-state index in [1.54, 1.807) is 0 Å². The van der Waals surface area contributed by atoms with Crippen molar-refractivity contribution in [2.45, 2.75) is 304 Å². The summed E-state index contributed by atoms with van der Waals surface area (Å²) in [4.78, 5) is 13.3. The van der Waals surface area contributed by atoms with Crippen LogP contribution in [0.4, 0.5) is 0 Å². The molecule has 0 spiro atoms. The first-order chi connectivity index (χ1) is 34.8. The lowest BCUT2D eigenvalue weighted by atomic mass is 9.96. The molecule has 17 unspecified atom stereocenters. The summed E-state index contributed by atoms with van der Waals surface area (Å²) in [5.41, 5.74) is 0. The number of hydrogen-bond acceptors (Lipinski definition) is 18. The fourth-order valence-corrected chi connectivity index (χ4v) is 9.96. The quantitative estimate of drug-likeness (QED) is 0.0389. The predicted octanol–water partition coefficient (Wildman–Crippen LogP) is 3.65. The van der Waals surface area contributed by atoms with Crippen LogP contribution in [0.2, 0.25) is 0 Å². The van der Waals surface area contributed by atoms with Gasteiger partial charge in [0.05, 0.1) is 38.6 Å². The Morgan fingerprint density at radius 1 is 0.444 bits per heavy atom. The van der Waals surface area contributed by atoms with Crippen molar-refractivity contribution in [3.8, 4) is 0 Å². The Kier molecular flexibility index (Phi) is 34.7. The minimum absolute atomic E-state index is 0.242. The lowest BCUT2D eigenvalue weighted by Crippen LogP contribution is -2.66. The van der Waals surface area contributed by atoms with E-state index in [-0.39, 0.29) is 18.9 Å². The van der Waals surface area contributed by atoms with Gasteiger partial charge in [-0.05, 0) is 12.8 Å². The normalized spacial score (nSPS) is 31.9. The van der Waals surface area contributed by atoms with E-state index < -0.39 is 124 Å². The predicted molar refractivity (Wildman–Crippen MR) is 268 cm³/mol. The summed E-state index contributed by atoms with van der Waals surface area (Å²) in [5, 5.41) is 120. The van der Waals surface area contributed by atoms with Crippen molar-refractivity contribution in [3.05, 3.63) is 0 Å². The molecule has 17 atom stereocenters. The maximum Gasteiger partial charge on any atom is 0.220 e. The summed E-state index contributed by atoms with van der Waals surface area (Å²) in [6.07, 6.45) is 6.44. The molecule has 0 saturated carbocycles. The van der Waals surface area contributed by atoms with Crippen LogP contribution in [0, 0.1) is 0 Å². The minimum atomic E-state index is -1.97. The highest BCUT2D eigenvalue weighted by molar-refractivity contribution is 5.76. The largest absolute Gasteiger partial charge is 0.394 e. The van der Waals surface area contributed by atoms with Crippen LogP contribution in [0.1, 0.15) is 200 Å². The number of rotatable bonds is 41. The number of unbranched alkanes of at least 4 members (excludes halogenated alkanes) is 25. The SMILES string of the molecule is CCCCCCCCCCCCCCCCCCCCC(=O)NC(COC1OC(CO)C(OC2OC(CO)C(OC3OC(CO)C(O)C(O)C3O)C(O)C2O)C(O)C1O)C(O)CCCCCCCCCCC. The Morgan fingerprint density at radius 3 is 1.21 bits per heavy atom. The van der Waals surface area contributed by atoms with Gasteiger partial charge in [-0.15, -0.1) is 0 Å². The summed E-state index contributed by atoms with van der Waals surface area (Å²) in [6, 6.07) is -0.877. The Morgan fingerprint density at radius 2 is 0.792 bits per heavy atom. The average molecular weight is 1040 g/mol. The van der Waals surface area contributed by atoms with Crippen molar-refractivity contribution in [2.75, 3.05) is 26.4 Å². The highest BCUT2D eigenvalue weighted by atomic mass is 16.8. The first-order valence-corrected chi connectivity index (χ1v) is 28.3. The molecule has 0 aliphatic carbocycles. The fraction of sp³-hybridized carbons (Fsp3) is 0.981. The third kappa shape index (κ3) is 23.2. The molecule has 0 aromatic carbocycles. The third-order valence-corrected chi connectivity index (χ3v) is 14.7.